The summed E-state index contributed by atoms with van der Waals surface area (Å²) >= 11 is 0. The molecule has 5 heteroatoms. The Bertz CT molecular complexity index is 218. The highest BCUT2D eigenvalue weighted by Gasteiger charge is 2.48. The first-order valence-corrected chi connectivity index (χ1v) is 5.64. The lowest BCUT2D eigenvalue weighted by Gasteiger charge is -2.20. The third-order valence-corrected chi connectivity index (χ3v) is 3.12. The van der Waals surface area contributed by atoms with Gasteiger partial charge in [0.2, 0.25) is 0 Å². The van der Waals surface area contributed by atoms with E-state index in [4.69, 9.17) is 20.1 Å². The molecule has 2 aliphatic heterocycles. The predicted octanol–water partition coefficient (Wildman–Crippen LogP) is -0.669. The fourth-order valence-electron chi connectivity index (χ4n) is 2.24. The van der Waals surface area contributed by atoms with Crippen LogP contribution < -0.4 is 0 Å². The lowest BCUT2D eigenvalue weighted by molar-refractivity contribution is -0.113. The van der Waals surface area contributed by atoms with Gasteiger partial charge in [-0.2, -0.15) is 0 Å². The second kappa shape index (κ2) is 6.30. The minimum atomic E-state index is -0.560. The summed E-state index contributed by atoms with van der Waals surface area (Å²) in [7, 11) is 0. The van der Waals surface area contributed by atoms with Gasteiger partial charge in [-0.3, -0.25) is 0 Å². The molecule has 2 bridgehead atoms. The number of aliphatic hydroxyl groups is 3. The van der Waals surface area contributed by atoms with Crippen LogP contribution in [0.15, 0.2) is 0 Å². The van der Waals surface area contributed by atoms with Crippen LogP contribution in [0.2, 0.25) is 0 Å². The van der Waals surface area contributed by atoms with Gasteiger partial charge in [0, 0.05) is 18.4 Å². The fourth-order valence-corrected chi connectivity index (χ4v) is 2.24. The minimum Gasteiger partial charge on any atom is -0.396 e. The van der Waals surface area contributed by atoms with Gasteiger partial charge in [0.05, 0.1) is 24.9 Å². The first-order valence-electron chi connectivity index (χ1n) is 5.64. The van der Waals surface area contributed by atoms with Gasteiger partial charge in [-0.15, -0.1) is 0 Å². The molecule has 2 aliphatic rings. The zero-order valence-electron chi connectivity index (χ0n) is 9.45. The van der Waals surface area contributed by atoms with Crippen molar-refractivity contribution >= 4 is 6.29 Å². The summed E-state index contributed by atoms with van der Waals surface area (Å²) in [6, 6.07) is 0. The molecule has 0 spiro atoms. The van der Waals surface area contributed by atoms with Crippen molar-refractivity contribution < 1.29 is 24.9 Å². The Balaban J connectivity index is 0.000000221. The van der Waals surface area contributed by atoms with Crippen molar-refractivity contribution in [3.63, 3.8) is 0 Å². The molecule has 0 amide bonds. The Morgan fingerprint density at radius 2 is 1.94 bits per heavy atom. The molecule has 2 rings (SSSR count). The molecule has 0 aromatic rings. The van der Waals surface area contributed by atoms with Crippen molar-refractivity contribution in [2.24, 2.45) is 11.8 Å². The number of fused-ring (bicyclic) bond motifs is 2. The number of ether oxygens (including phenoxy) is 1. The molecule has 94 valence electrons. The standard InChI is InChI=1S/C8H12O3.C3H8O2/c9-3-5-6(4-10)8-2-1-7(5)11-8;1-3(5)2-4/h3,5-8,10H,1-2,4H2;3-5H,2H2,1H3. The zero-order chi connectivity index (χ0) is 12.1. The van der Waals surface area contributed by atoms with E-state index in [1.54, 1.807) is 0 Å². The van der Waals surface area contributed by atoms with Gasteiger partial charge in [-0.05, 0) is 19.8 Å². The topological polar surface area (TPSA) is 87.0 Å². The molecule has 2 heterocycles. The SMILES string of the molecule is CC(O)CO.O=CC1C2CCC(O2)C1CO. The lowest BCUT2D eigenvalue weighted by Crippen LogP contribution is -2.30. The van der Waals surface area contributed by atoms with Crippen LogP contribution in [0.25, 0.3) is 0 Å². The minimum absolute atomic E-state index is 0.0428. The monoisotopic (exact) mass is 232 g/mol. The van der Waals surface area contributed by atoms with Gasteiger partial charge in [0.1, 0.15) is 6.29 Å². The fraction of sp³-hybridized carbons (Fsp3) is 0.909. The highest BCUT2D eigenvalue weighted by Crippen LogP contribution is 2.41. The van der Waals surface area contributed by atoms with E-state index >= 15 is 0 Å². The van der Waals surface area contributed by atoms with Gasteiger partial charge >= 0.3 is 0 Å². The van der Waals surface area contributed by atoms with E-state index in [1.165, 1.54) is 6.92 Å². The summed E-state index contributed by atoms with van der Waals surface area (Å²) in [5.74, 6) is 0.0324. The first-order chi connectivity index (χ1) is 7.63. The molecule has 2 saturated heterocycles. The van der Waals surface area contributed by atoms with Gasteiger partial charge in [-0.25, -0.2) is 0 Å². The maximum Gasteiger partial charge on any atom is 0.126 e. The van der Waals surface area contributed by atoms with Gasteiger partial charge < -0.3 is 24.9 Å². The molecule has 0 radical (unpaired) electrons. The van der Waals surface area contributed by atoms with E-state index in [0.717, 1.165) is 19.1 Å². The van der Waals surface area contributed by atoms with Crippen LogP contribution in [0, 0.1) is 11.8 Å². The highest BCUT2D eigenvalue weighted by atomic mass is 16.5. The van der Waals surface area contributed by atoms with Crippen LogP contribution in [-0.4, -0.2) is 53.1 Å². The van der Waals surface area contributed by atoms with E-state index in [2.05, 4.69) is 0 Å². The average molecular weight is 232 g/mol. The summed E-state index contributed by atoms with van der Waals surface area (Å²) in [6.45, 7) is 1.48. The van der Waals surface area contributed by atoms with Crippen molar-refractivity contribution in [3.05, 3.63) is 0 Å². The number of aliphatic hydroxyl groups excluding tert-OH is 3. The molecule has 5 unspecified atom stereocenters. The smallest absolute Gasteiger partial charge is 0.126 e. The average Bonchev–Trinajstić information content (AvgIpc) is 2.88. The number of hydrogen-bond donors (Lipinski definition) is 3. The van der Waals surface area contributed by atoms with Gasteiger partial charge in [-0.1, -0.05) is 0 Å². The quantitative estimate of drug-likeness (QED) is 0.562. The molecule has 5 nitrogen and oxygen atoms in total. The second-order valence-corrected chi connectivity index (χ2v) is 4.38. The van der Waals surface area contributed by atoms with Crippen LogP contribution in [0.5, 0.6) is 0 Å². The summed E-state index contributed by atoms with van der Waals surface area (Å²) in [6.07, 6.45) is 2.64. The molecule has 16 heavy (non-hydrogen) atoms. The van der Waals surface area contributed by atoms with Crippen LogP contribution in [0.1, 0.15) is 19.8 Å². The Labute approximate surface area is 95.0 Å². The third-order valence-electron chi connectivity index (χ3n) is 3.12. The zero-order valence-corrected chi connectivity index (χ0v) is 9.45. The Morgan fingerprint density at radius 3 is 2.31 bits per heavy atom. The van der Waals surface area contributed by atoms with E-state index < -0.39 is 6.10 Å². The van der Waals surface area contributed by atoms with E-state index in [-0.39, 0.29) is 37.3 Å². The van der Waals surface area contributed by atoms with E-state index in [1.807, 2.05) is 0 Å². The van der Waals surface area contributed by atoms with Gasteiger partial charge in [0.15, 0.2) is 0 Å². The van der Waals surface area contributed by atoms with Crippen LogP contribution in [0.4, 0.5) is 0 Å². The maximum atomic E-state index is 10.6. The van der Waals surface area contributed by atoms with E-state index in [0.29, 0.717) is 0 Å². The van der Waals surface area contributed by atoms with Crippen molar-refractivity contribution in [3.8, 4) is 0 Å². The predicted molar refractivity (Wildman–Crippen MR) is 56.8 cm³/mol. The Kier molecular flexibility index (Phi) is 5.34. The summed E-state index contributed by atoms with van der Waals surface area (Å²) in [4.78, 5) is 10.6. The molecular weight excluding hydrogens is 212 g/mol. The number of hydrogen-bond acceptors (Lipinski definition) is 5. The molecule has 0 aromatic carbocycles. The lowest BCUT2D eigenvalue weighted by atomic mass is 9.81. The van der Waals surface area contributed by atoms with Crippen LogP contribution in [-0.2, 0) is 9.53 Å². The number of carbonyl (C=O) groups excluding carboxylic acids is 1. The van der Waals surface area contributed by atoms with Crippen molar-refractivity contribution in [1.29, 1.82) is 0 Å². The molecule has 5 atom stereocenters. The normalized spacial score (nSPS) is 37.8. The number of rotatable bonds is 3. The van der Waals surface area contributed by atoms with Crippen LogP contribution >= 0.6 is 0 Å². The van der Waals surface area contributed by atoms with Crippen molar-refractivity contribution in [2.45, 2.75) is 38.1 Å². The molecule has 0 aliphatic carbocycles. The van der Waals surface area contributed by atoms with Gasteiger partial charge in [0.25, 0.3) is 0 Å². The van der Waals surface area contributed by atoms with E-state index in [9.17, 15) is 4.79 Å². The summed E-state index contributed by atoms with van der Waals surface area (Å²) < 4.78 is 5.49. The Hall–Kier alpha value is -0.490. The largest absolute Gasteiger partial charge is 0.396 e. The number of carbonyl (C=O) groups is 1. The van der Waals surface area contributed by atoms with Crippen molar-refractivity contribution in [1.82, 2.24) is 0 Å². The second-order valence-electron chi connectivity index (χ2n) is 4.38. The molecule has 2 fully saturated rings. The molecule has 3 N–H and O–H groups in total. The number of aldehydes is 1. The maximum absolute atomic E-state index is 10.6. The van der Waals surface area contributed by atoms with Crippen molar-refractivity contribution in [2.75, 3.05) is 13.2 Å². The third kappa shape index (κ3) is 3.01. The molecule has 0 saturated carbocycles. The summed E-state index contributed by atoms with van der Waals surface area (Å²) in [5, 5.41) is 25.0. The summed E-state index contributed by atoms with van der Waals surface area (Å²) in [5.41, 5.74) is 0. The molecule has 0 aromatic heterocycles. The molecular formula is C11H20O5. The first kappa shape index (κ1) is 13.6. The highest BCUT2D eigenvalue weighted by molar-refractivity contribution is 5.56. The Morgan fingerprint density at radius 1 is 1.38 bits per heavy atom. The van der Waals surface area contributed by atoms with Crippen LogP contribution in [0.3, 0.4) is 0 Å².